The summed E-state index contributed by atoms with van der Waals surface area (Å²) in [6, 6.07) is 0. The Labute approximate surface area is 109 Å². The Morgan fingerprint density at radius 3 is 2.18 bits per heavy atom. The molecule has 0 saturated heterocycles. The number of hydrogen-bond acceptors (Lipinski definition) is 2. The van der Waals surface area contributed by atoms with E-state index < -0.39 is 8.56 Å². The van der Waals surface area contributed by atoms with E-state index in [-0.39, 0.29) is 0 Å². The quantitative estimate of drug-likeness (QED) is 0.389. The smallest absolute Gasteiger partial charge is 0.331 e. The van der Waals surface area contributed by atoms with Gasteiger partial charge in [0.25, 0.3) is 0 Å². The second kappa shape index (κ2) is 10.1. The van der Waals surface area contributed by atoms with Crippen molar-refractivity contribution in [2.45, 2.75) is 84.9 Å². The van der Waals surface area contributed by atoms with Gasteiger partial charge in [0.2, 0.25) is 0 Å². The average Bonchev–Trinajstić information content (AvgIpc) is 2.25. The highest BCUT2D eigenvalue weighted by atomic mass is 28.4. The van der Waals surface area contributed by atoms with Crippen molar-refractivity contribution in [3.63, 3.8) is 0 Å². The first-order valence-corrected chi connectivity index (χ1v) is 10.1. The van der Waals surface area contributed by atoms with Crippen LogP contribution in [0.5, 0.6) is 0 Å². The second-order valence-electron chi connectivity index (χ2n) is 5.38. The Morgan fingerprint density at radius 2 is 1.59 bits per heavy atom. The molecule has 0 N–H and O–H groups in total. The van der Waals surface area contributed by atoms with Crippen LogP contribution in [0.15, 0.2) is 0 Å². The molecule has 0 bridgehead atoms. The van der Waals surface area contributed by atoms with Gasteiger partial charge in [0.05, 0.1) is 0 Å². The largest absolute Gasteiger partial charge is 0.395 e. The van der Waals surface area contributed by atoms with Crippen LogP contribution < -0.4 is 0 Å². The molecule has 0 fully saturated rings. The molecule has 17 heavy (non-hydrogen) atoms. The normalized spacial score (nSPS) is 13.9. The average molecular weight is 260 g/mol. The molecule has 0 heterocycles. The van der Waals surface area contributed by atoms with Crippen molar-refractivity contribution in [3.8, 4) is 0 Å². The van der Waals surface area contributed by atoms with Crippen LogP contribution in [0.1, 0.15) is 65.7 Å². The van der Waals surface area contributed by atoms with Gasteiger partial charge in [0.15, 0.2) is 0 Å². The van der Waals surface area contributed by atoms with E-state index in [9.17, 15) is 0 Å². The van der Waals surface area contributed by atoms with Crippen LogP contribution in [0, 0.1) is 0 Å². The van der Waals surface area contributed by atoms with E-state index in [1.54, 1.807) is 0 Å². The van der Waals surface area contributed by atoms with Crippen LogP contribution in [0.4, 0.5) is 0 Å². The Morgan fingerprint density at radius 1 is 0.941 bits per heavy atom. The van der Waals surface area contributed by atoms with E-state index in [1.165, 1.54) is 38.5 Å². The third-order valence-corrected chi connectivity index (χ3v) is 4.77. The fraction of sp³-hybridized carbons (Fsp3) is 1.00. The van der Waals surface area contributed by atoms with Crippen LogP contribution >= 0.6 is 0 Å². The Balaban J connectivity index is 3.63. The Kier molecular flexibility index (Phi) is 10.2. The minimum Gasteiger partial charge on any atom is -0.395 e. The summed E-state index contributed by atoms with van der Waals surface area (Å²) in [6.07, 6.45) is 9.07. The van der Waals surface area contributed by atoms with Gasteiger partial charge in [-0.05, 0) is 32.9 Å². The molecule has 0 radical (unpaired) electrons. The van der Waals surface area contributed by atoms with Crippen molar-refractivity contribution in [3.05, 3.63) is 0 Å². The molecule has 0 rings (SSSR count). The Hall–Kier alpha value is 0.137. The predicted molar refractivity (Wildman–Crippen MR) is 77.6 cm³/mol. The van der Waals surface area contributed by atoms with Gasteiger partial charge in [-0.15, -0.1) is 0 Å². The first-order chi connectivity index (χ1) is 8.02. The maximum atomic E-state index is 6.06. The maximum absolute atomic E-state index is 6.06. The van der Waals surface area contributed by atoms with Crippen molar-refractivity contribution in [1.29, 1.82) is 0 Å². The zero-order valence-corrected chi connectivity index (χ0v) is 13.6. The molecule has 0 aromatic rings. The summed E-state index contributed by atoms with van der Waals surface area (Å²) in [5.41, 5.74) is 0. The number of unbranched alkanes of at least 4 members (excludes halogenated alkanes) is 4. The van der Waals surface area contributed by atoms with Crippen molar-refractivity contribution >= 4 is 8.56 Å². The molecule has 0 spiro atoms. The second-order valence-corrected chi connectivity index (χ2v) is 8.70. The summed E-state index contributed by atoms with van der Waals surface area (Å²) in [5.74, 6) is 0. The number of hydrogen-bond donors (Lipinski definition) is 0. The van der Waals surface area contributed by atoms with Gasteiger partial charge < -0.3 is 8.85 Å². The summed E-state index contributed by atoms with van der Waals surface area (Å²) in [5, 5.41) is 0. The lowest BCUT2D eigenvalue weighted by Gasteiger charge is -2.27. The summed E-state index contributed by atoms with van der Waals surface area (Å²) < 4.78 is 12.0. The van der Waals surface area contributed by atoms with Gasteiger partial charge in [-0.3, -0.25) is 0 Å². The van der Waals surface area contributed by atoms with Gasteiger partial charge >= 0.3 is 8.56 Å². The SMILES string of the molecule is CCCCCCO[Si](C)(C)OC(C)CCCC. The fourth-order valence-electron chi connectivity index (χ4n) is 1.92. The van der Waals surface area contributed by atoms with E-state index in [0.29, 0.717) is 6.10 Å². The van der Waals surface area contributed by atoms with Crippen LogP contribution in [-0.2, 0) is 8.85 Å². The van der Waals surface area contributed by atoms with Gasteiger partial charge in [-0.2, -0.15) is 0 Å². The third kappa shape index (κ3) is 11.0. The van der Waals surface area contributed by atoms with Crippen molar-refractivity contribution < 1.29 is 8.85 Å². The molecule has 104 valence electrons. The zero-order chi connectivity index (χ0) is 13.1. The van der Waals surface area contributed by atoms with E-state index in [0.717, 1.165) is 13.0 Å². The highest BCUT2D eigenvalue weighted by molar-refractivity contribution is 6.64. The monoisotopic (exact) mass is 260 g/mol. The van der Waals surface area contributed by atoms with Gasteiger partial charge in [-0.1, -0.05) is 46.0 Å². The lowest BCUT2D eigenvalue weighted by atomic mass is 10.2. The minimum atomic E-state index is -1.88. The molecule has 0 aromatic carbocycles. The molecule has 1 atom stereocenters. The molecule has 0 aliphatic heterocycles. The van der Waals surface area contributed by atoms with Crippen LogP contribution in [0.3, 0.4) is 0 Å². The van der Waals surface area contributed by atoms with Crippen LogP contribution in [0.2, 0.25) is 13.1 Å². The highest BCUT2D eigenvalue weighted by Gasteiger charge is 2.26. The molecule has 1 unspecified atom stereocenters. The molecule has 2 nitrogen and oxygen atoms in total. The first-order valence-electron chi connectivity index (χ1n) is 7.33. The van der Waals surface area contributed by atoms with E-state index in [2.05, 4.69) is 33.9 Å². The van der Waals surface area contributed by atoms with E-state index in [1.807, 2.05) is 0 Å². The summed E-state index contributed by atoms with van der Waals surface area (Å²) in [6.45, 7) is 11.8. The molecule has 0 saturated carbocycles. The van der Waals surface area contributed by atoms with Gasteiger partial charge in [0.1, 0.15) is 0 Å². The zero-order valence-electron chi connectivity index (χ0n) is 12.6. The summed E-state index contributed by atoms with van der Waals surface area (Å²) in [7, 11) is -1.88. The first kappa shape index (κ1) is 17.1. The summed E-state index contributed by atoms with van der Waals surface area (Å²) in [4.78, 5) is 0. The topological polar surface area (TPSA) is 18.5 Å². The molecule has 3 heteroatoms. The van der Waals surface area contributed by atoms with Crippen LogP contribution in [-0.4, -0.2) is 21.3 Å². The van der Waals surface area contributed by atoms with Crippen molar-refractivity contribution in [2.24, 2.45) is 0 Å². The van der Waals surface area contributed by atoms with Gasteiger partial charge in [-0.25, -0.2) is 0 Å². The molecule has 0 aliphatic carbocycles. The Bertz CT molecular complexity index is 172. The standard InChI is InChI=1S/C14H32O2Si/c1-6-8-10-11-13-15-17(4,5)16-14(3)12-9-7-2/h14H,6-13H2,1-5H3. The third-order valence-electron chi connectivity index (χ3n) is 2.90. The van der Waals surface area contributed by atoms with Crippen molar-refractivity contribution in [1.82, 2.24) is 0 Å². The van der Waals surface area contributed by atoms with E-state index in [4.69, 9.17) is 8.85 Å². The molecule has 0 aromatic heterocycles. The number of rotatable bonds is 11. The predicted octanol–water partition coefficient (Wildman–Crippen LogP) is 4.88. The molecule has 0 aliphatic rings. The minimum absolute atomic E-state index is 0.354. The lowest BCUT2D eigenvalue weighted by molar-refractivity contribution is 0.122. The molecular weight excluding hydrogens is 228 g/mol. The lowest BCUT2D eigenvalue weighted by Crippen LogP contribution is -2.38. The molecule has 0 amide bonds. The molecular formula is C14H32O2Si. The highest BCUT2D eigenvalue weighted by Crippen LogP contribution is 2.14. The van der Waals surface area contributed by atoms with Crippen molar-refractivity contribution in [2.75, 3.05) is 6.61 Å². The van der Waals surface area contributed by atoms with E-state index >= 15 is 0 Å². The fourth-order valence-corrected chi connectivity index (χ4v) is 3.71. The van der Waals surface area contributed by atoms with Gasteiger partial charge in [0, 0.05) is 12.7 Å². The summed E-state index contributed by atoms with van der Waals surface area (Å²) >= 11 is 0. The maximum Gasteiger partial charge on any atom is 0.331 e. The van der Waals surface area contributed by atoms with Crippen LogP contribution in [0.25, 0.3) is 0 Å².